The molecule has 2 nitrogen and oxygen atoms in total. The van der Waals surface area contributed by atoms with Gasteiger partial charge in [0.25, 0.3) is 0 Å². The van der Waals surface area contributed by atoms with Crippen molar-refractivity contribution >= 4 is 0 Å². The number of furan rings is 1. The summed E-state index contributed by atoms with van der Waals surface area (Å²) in [6.07, 6.45) is 0. The molecule has 1 aromatic carbocycles. The molecule has 0 saturated heterocycles. The van der Waals surface area contributed by atoms with Crippen LogP contribution in [0.1, 0.15) is 18.7 Å². The van der Waals surface area contributed by atoms with Crippen molar-refractivity contribution in [3.05, 3.63) is 47.0 Å². The van der Waals surface area contributed by atoms with Crippen molar-refractivity contribution in [3.63, 3.8) is 0 Å². The molecule has 1 aromatic heterocycles. The number of halogens is 5. The molecule has 2 rings (SSSR count). The van der Waals surface area contributed by atoms with Gasteiger partial charge in [0.1, 0.15) is 11.5 Å². The van der Waals surface area contributed by atoms with E-state index in [2.05, 4.69) is 0 Å². The highest BCUT2D eigenvalue weighted by molar-refractivity contribution is 5.60. The maximum Gasteiger partial charge on any atom is 0.200 e. The summed E-state index contributed by atoms with van der Waals surface area (Å²) in [5.41, 5.74) is 4.37. The maximum atomic E-state index is 13.5. The van der Waals surface area contributed by atoms with E-state index in [0.29, 0.717) is 0 Å². The molecule has 0 aliphatic rings. The molecule has 0 spiro atoms. The third-order valence-electron chi connectivity index (χ3n) is 2.53. The molecule has 0 aliphatic carbocycles. The van der Waals surface area contributed by atoms with E-state index < -0.39 is 46.5 Å². The molecule has 0 saturated carbocycles. The largest absolute Gasteiger partial charge is 0.459 e. The molecular formula is C12H8F5NO. The quantitative estimate of drug-likeness (QED) is 0.517. The van der Waals surface area contributed by atoms with Crippen LogP contribution in [0, 0.1) is 29.1 Å². The summed E-state index contributed by atoms with van der Waals surface area (Å²) in [6.45, 7) is 1.54. The lowest BCUT2D eigenvalue weighted by molar-refractivity contribution is 0.377. The van der Waals surface area contributed by atoms with Gasteiger partial charge in [0.2, 0.25) is 5.82 Å². The summed E-state index contributed by atoms with van der Waals surface area (Å²) in [5, 5.41) is 0. The van der Waals surface area contributed by atoms with Crippen LogP contribution < -0.4 is 5.73 Å². The molecule has 0 fully saturated rings. The molecule has 2 N–H and O–H groups in total. The van der Waals surface area contributed by atoms with E-state index in [9.17, 15) is 22.0 Å². The second-order valence-corrected chi connectivity index (χ2v) is 3.94. The SMILES string of the molecule is CC(N)c1ccc(-c2c(F)c(F)c(F)c(F)c2F)o1. The summed E-state index contributed by atoms with van der Waals surface area (Å²) < 4.78 is 70.9. The summed E-state index contributed by atoms with van der Waals surface area (Å²) in [6, 6.07) is 1.82. The summed E-state index contributed by atoms with van der Waals surface area (Å²) in [4.78, 5) is 0. The van der Waals surface area contributed by atoms with Gasteiger partial charge in [0.05, 0.1) is 11.6 Å². The van der Waals surface area contributed by atoms with Gasteiger partial charge in [-0.3, -0.25) is 0 Å². The summed E-state index contributed by atoms with van der Waals surface area (Å²) >= 11 is 0. The molecule has 1 atom stereocenters. The van der Waals surface area contributed by atoms with Gasteiger partial charge in [-0.05, 0) is 19.1 Å². The monoisotopic (exact) mass is 277 g/mol. The van der Waals surface area contributed by atoms with Crippen molar-refractivity contribution in [2.45, 2.75) is 13.0 Å². The zero-order chi connectivity index (χ0) is 14.3. The fourth-order valence-electron chi connectivity index (χ4n) is 1.55. The van der Waals surface area contributed by atoms with E-state index in [4.69, 9.17) is 10.2 Å². The molecular weight excluding hydrogens is 269 g/mol. The first kappa shape index (κ1) is 13.5. The van der Waals surface area contributed by atoms with Crippen molar-refractivity contribution in [2.24, 2.45) is 5.73 Å². The molecule has 1 unspecified atom stereocenters. The molecule has 0 bridgehead atoms. The Morgan fingerprint density at radius 1 is 0.895 bits per heavy atom. The van der Waals surface area contributed by atoms with Crippen molar-refractivity contribution in [1.82, 2.24) is 0 Å². The van der Waals surface area contributed by atoms with Gasteiger partial charge < -0.3 is 10.2 Å². The average molecular weight is 277 g/mol. The van der Waals surface area contributed by atoms with Crippen molar-refractivity contribution in [2.75, 3.05) is 0 Å². The molecule has 0 aliphatic heterocycles. The second-order valence-electron chi connectivity index (χ2n) is 3.94. The fraction of sp³-hybridized carbons (Fsp3) is 0.167. The molecule has 7 heteroatoms. The molecule has 19 heavy (non-hydrogen) atoms. The Morgan fingerprint density at radius 2 is 1.37 bits per heavy atom. The smallest absolute Gasteiger partial charge is 0.200 e. The predicted molar refractivity (Wildman–Crippen MR) is 56.5 cm³/mol. The standard InChI is InChI=1S/C12H8F5NO/c1-4(18)5-2-3-6(19-5)7-8(13)10(15)12(17)11(16)9(7)14/h2-4H,18H2,1H3. The van der Waals surface area contributed by atoms with Crippen LogP contribution >= 0.6 is 0 Å². The summed E-state index contributed by atoms with van der Waals surface area (Å²) in [5.74, 6) is -10.4. The Labute approximate surface area is 104 Å². The molecule has 0 amide bonds. The number of hydrogen-bond donors (Lipinski definition) is 1. The van der Waals surface area contributed by atoms with Crippen molar-refractivity contribution in [1.29, 1.82) is 0 Å². The topological polar surface area (TPSA) is 39.2 Å². The van der Waals surface area contributed by atoms with Crippen molar-refractivity contribution in [3.8, 4) is 11.3 Å². The van der Waals surface area contributed by atoms with Gasteiger partial charge in [-0.2, -0.15) is 0 Å². The minimum atomic E-state index is -2.21. The second kappa shape index (κ2) is 4.65. The highest BCUT2D eigenvalue weighted by atomic mass is 19.2. The maximum absolute atomic E-state index is 13.5. The Bertz CT molecular complexity index is 606. The number of benzene rings is 1. The number of hydrogen-bond acceptors (Lipinski definition) is 2. The van der Waals surface area contributed by atoms with Crippen LogP contribution in [-0.2, 0) is 0 Å². The predicted octanol–water partition coefficient (Wildman–Crippen LogP) is 3.66. The lowest BCUT2D eigenvalue weighted by atomic mass is 10.1. The minimum Gasteiger partial charge on any atom is -0.459 e. The zero-order valence-corrected chi connectivity index (χ0v) is 9.61. The Kier molecular flexibility index (Phi) is 3.32. The van der Waals surface area contributed by atoms with Gasteiger partial charge in [-0.25, -0.2) is 22.0 Å². The van der Waals surface area contributed by atoms with Crippen LogP contribution in [0.25, 0.3) is 11.3 Å². The molecule has 0 radical (unpaired) electrons. The van der Waals surface area contributed by atoms with E-state index in [0.717, 1.165) is 6.07 Å². The van der Waals surface area contributed by atoms with Gasteiger partial charge in [0.15, 0.2) is 23.3 Å². The van der Waals surface area contributed by atoms with Crippen LogP contribution in [0.2, 0.25) is 0 Å². The highest BCUT2D eigenvalue weighted by Crippen LogP contribution is 2.33. The molecule has 102 valence electrons. The third-order valence-corrected chi connectivity index (χ3v) is 2.53. The van der Waals surface area contributed by atoms with Crippen LogP contribution in [0.3, 0.4) is 0 Å². The lowest BCUT2D eigenvalue weighted by Crippen LogP contribution is -2.04. The lowest BCUT2D eigenvalue weighted by Gasteiger charge is -2.06. The summed E-state index contributed by atoms with van der Waals surface area (Å²) in [7, 11) is 0. The van der Waals surface area contributed by atoms with Crippen LogP contribution in [-0.4, -0.2) is 0 Å². The number of nitrogens with two attached hydrogens (primary N) is 1. The minimum absolute atomic E-state index is 0.166. The molecule has 1 heterocycles. The first-order chi connectivity index (χ1) is 8.84. The van der Waals surface area contributed by atoms with Crippen LogP contribution in [0.4, 0.5) is 22.0 Å². The first-order valence-electron chi connectivity index (χ1n) is 5.21. The normalized spacial score (nSPS) is 12.8. The van der Waals surface area contributed by atoms with E-state index >= 15 is 0 Å². The Balaban J connectivity index is 2.68. The van der Waals surface area contributed by atoms with E-state index in [1.807, 2.05) is 0 Å². The van der Waals surface area contributed by atoms with Gasteiger partial charge in [0, 0.05) is 0 Å². The van der Waals surface area contributed by atoms with Gasteiger partial charge in [-0.1, -0.05) is 0 Å². The first-order valence-corrected chi connectivity index (χ1v) is 5.21. The van der Waals surface area contributed by atoms with E-state index in [-0.39, 0.29) is 5.76 Å². The van der Waals surface area contributed by atoms with Gasteiger partial charge in [-0.15, -0.1) is 0 Å². The zero-order valence-electron chi connectivity index (χ0n) is 9.61. The molecule has 2 aromatic rings. The Hall–Kier alpha value is -1.89. The van der Waals surface area contributed by atoms with Crippen LogP contribution in [0.5, 0.6) is 0 Å². The van der Waals surface area contributed by atoms with Crippen molar-refractivity contribution < 1.29 is 26.4 Å². The average Bonchev–Trinajstić information content (AvgIpc) is 2.84. The van der Waals surface area contributed by atoms with E-state index in [1.165, 1.54) is 6.07 Å². The van der Waals surface area contributed by atoms with Gasteiger partial charge >= 0.3 is 0 Å². The van der Waals surface area contributed by atoms with E-state index in [1.54, 1.807) is 6.92 Å². The fourth-order valence-corrected chi connectivity index (χ4v) is 1.55. The highest BCUT2D eigenvalue weighted by Gasteiger charge is 2.28. The Morgan fingerprint density at radius 3 is 1.79 bits per heavy atom. The van der Waals surface area contributed by atoms with Crippen LogP contribution in [0.15, 0.2) is 16.5 Å². The third kappa shape index (κ3) is 2.10. The number of rotatable bonds is 2.